The van der Waals surface area contributed by atoms with Crippen molar-refractivity contribution in [2.24, 2.45) is 0 Å². The molecular formula is C28H33ClN4O3. The van der Waals surface area contributed by atoms with Gasteiger partial charge in [-0.15, -0.1) is 6.58 Å². The third-order valence-corrected chi connectivity index (χ3v) is 6.75. The predicted octanol–water partition coefficient (Wildman–Crippen LogP) is 4.23. The van der Waals surface area contributed by atoms with Gasteiger partial charge in [-0.1, -0.05) is 60.1 Å². The molecule has 1 unspecified atom stereocenters. The van der Waals surface area contributed by atoms with Crippen molar-refractivity contribution in [1.29, 1.82) is 0 Å². The van der Waals surface area contributed by atoms with Gasteiger partial charge in [0.05, 0.1) is 18.2 Å². The topological polar surface area (TPSA) is 65.1 Å². The molecule has 0 aliphatic carbocycles. The second-order valence-electron chi connectivity index (χ2n) is 8.96. The van der Waals surface area contributed by atoms with Crippen molar-refractivity contribution >= 4 is 23.6 Å². The standard InChI is InChI=1S/C28H33ClN4O3/c1-3-13-33-24(20-32-16-14-31(15-17-32)19-21-9-6-5-7-10-21)25(27(34)36-4-2)26(30-28(33)35)22-11-8-12-23(29)18-22/h3,5-12,18,26H,1,4,13-17,19-20H2,2H3,(H,30,35). The molecule has 2 aromatic carbocycles. The molecule has 8 heteroatoms. The normalized spacial score (nSPS) is 19.2. The fourth-order valence-corrected chi connectivity index (χ4v) is 4.94. The lowest BCUT2D eigenvalue weighted by atomic mass is 9.94. The molecule has 0 radical (unpaired) electrons. The van der Waals surface area contributed by atoms with Crippen LogP contribution in [0.15, 0.2) is 78.5 Å². The van der Waals surface area contributed by atoms with E-state index in [1.54, 1.807) is 30.0 Å². The predicted molar refractivity (Wildman–Crippen MR) is 141 cm³/mol. The van der Waals surface area contributed by atoms with Crippen molar-refractivity contribution in [3.05, 3.63) is 94.7 Å². The molecule has 2 aromatic rings. The average Bonchev–Trinajstić information content (AvgIpc) is 2.88. The molecule has 1 saturated heterocycles. The van der Waals surface area contributed by atoms with Crippen molar-refractivity contribution in [3.63, 3.8) is 0 Å². The van der Waals surface area contributed by atoms with Crippen molar-refractivity contribution in [2.45, 2.75) is 19.5 Å². The van der Waals surface area contributed by atoms with E-state index in [1.165, 1.54) is 5.56 Å². The number of hydrogen-bond acceptors (Lipinski definition) is 5. The van der Waals surface area contributed by atoms with Gasteiger partial charge in [-0.25, -0.2) is 9.59 Å². The maximum atomic E-state index is 13.3. The van der Waals surface area contributed by atoms with Gasteiger partial charge in [0, 0.05) is 56.5 Å². The molecule has 1 N–H and O–H groups in total. The highest BCUT2D eigenvalue weighted by atomic mass is 35.5. The zero-order valence-corrected chi connectivity index (χ0v) is 21.4. The Bertz CT molecular complexity index is 1110. The van der Waals surface area contributed by atoms with Crippen molar-refractivity contribution < 1.29 is 14.3 Å². The first-order chi connectivity index (χ1) is 17.5. The Balaban J connectivity index is 1.61. The van der Waals surface area contributed by atoms with Gasteiger partial charge >= 0.3 is 12.0 Å². The third kappa shape index (κ3) is 6.16. The fraction of sp³-hybridized carbons (Fsp3) is 0.357. The molecule has 0 bridgehead atoms. The first-order valence-corrected chi connectivity index (χ1v) is 12.7. The van der Waals surface area contributed by atoms with Gasteiger partial charge in [0.2, 0.25) is 0 Å². The van der Waals surface area contributed by atoms with Crippen molar-refractivity contribution in [1.82, 2.24) is 20.0 Å². The van der Waals surface area contributed by atoms with Gasteiger partial charge in [0.1, 0.15) is 0 Å². The van der Waals surface area contributed by atoms with Crippen molar-refractivity contribution in [3.8, 4) is 0 Å². The Kier molecular flexibility index (Phi) is 8.80. The lowest BCUT2D eigenvalue weighted by Gasteiger charge is -2.40. The number of carbonyl (C=O) groups excluding carboxylic acids is 2. The second-order valence-corrected chi connectivity index (χ2v) is 9.39. The number of piperazine rings is 1. The van der Waals surface area contributed by atoms with E-state index in [0.717, 1.165) is 38.3 Å². The summed E-state index contributed by atoms with van der Waals surface area (Å²) >= 11 is 6.25. The summed E-state index contributed by atoms with van der Waals surface area (Å²) in [6.45, 7) is 11.0. The van der Waals surface area contributed by atoms with Gasteiger partial charge in [0.15, 0.2) is 0 Å². The minimum Gasteiger partial charge on any atom is -0.463 e. The van der Waals surface area contributed by atoms with Crippen LogP contribution in [0.5, 0.6) is 0 Å². The summed E-state index contributed by atoms with van der Waals surface area (Å²) in [7, 11) is 0. The highest BCUT2D eigenvalue weighted by Crippen LogP contribution is 2.33. The van der Waals surface area contributed by atoms with E-state index in [4.69, 9.17) is 16.3 Å². The molecule has 0 saturated carbocycles. The molecule has 190 valence electrons. The highest BCUT2D eigenvalue weighted by Gasteiger charge is 2.38. The first-order valence-electron chi connectivity index (χ1n) is 12.3. The maximum Gasteiger partial charge on any atom is 0.338 e. The van der Waals surface area contributed by atoms with Crippen LogP contribution >= 0.6 is 11.6 Å². The maximum absolute atomic E-state index is 13.3. The molecule has 2 aliphatic heterocycles. The highest BCUT2D eigenvalue weighted by molar-refractivity contribution is 6.30. The number of benzene rings is 2. The Morgan fingerprint density at radius 3 is 2.42 bits per heavy atom. The largest absolute Gasteiger partial charge is 0.463 e. The number of nitrogens with zero attached hydrogens (tertiary/aromatic N) is 3. The summed E-state index contributed by atoms with van der Waals surface area (Å²) in [5, 5.41) is 3.52. The zero-order chi connectivity index (χ0) is 25.5. The van der Waals surface area contributed by atoms with E-state index in [-0.39, 0.29) is 12.6 Å². The molecule has 4 rings (SSSR count). The van der Waals surface area contributed by atoms with Crippen LogP contribution in [-0.2, 0) is 16.1 Å². The van der Waals surface area contributed by atoms with Crippen LogP contribution in [0.25, 0.3) is 0 Å². The summed E-state index contributed by atoms with van der Waals surface area (Å²) in [5.41, 5.74) is 3.12. The van der Waals surface area contributed by atoms with E-state index in [0.29, 0.717) is 29.4 Å². The number of carbonyl (C=O) groups is 2. The number of hydrogen-bond donors (Lipinski definition) is 1. The Morgan fingerprint density at radius 1 is 1.08 bits per heavy atom. The number of urea groups is 1. The van der Waals surface area contributed by atoms with Gasteiger partial charge in [-0.2, -0.15) is 0 Å². The summed E-state index contributed by atoms with van der Waals surface area (Å²) in [6, 6.07) is 16.7. The monoisotopic (exact) mass is 508 g/mol. The summed E-state index contributed by atoms with van der Waals surface area (Å²) in [4.78, 5) is 32.8. The molecule has 7 nitrogen and oxygen atoms in total. The minimum atomic E-state index is -0.648. The minimum absolute atomic E-state index is 0.242. The molecule has 36 heavy (non-hydrogen) atoms. The average molecular weight is 509 g/mol. The molecule has 2 amide bonds. The van der Waals surface area contributed by atoms with Gasteiger partial charge in [-0.05, 0) is 30.2 Å². The SMILES string of the molecule is C=CCN1C(=O)NC(c2cccc(Cl)c2)C(C(=O)OCC)=C1CN1CCN(Cc2ccccc2)CC1. The van der Waals surface area contributed by atoms with Crippen LogP contribution in [0, 0.1) is 0 Å². The Hall–Kier alpha value is -3.13. The number of halogens is 1. The summed E-state index contributed by atoms with van der Waals surface area (Å²) < 4.78 is 5.47. The first kappa shape index (κ1) is 25.9. The van der Waals surface area contributed by atoms with Gasteiger partial charge in [0.25, 0.3) is 0 Å². The quantitative estimate of drug-likeness (QED) is 0.405. The van der Waals surface area contributed by atoms with Crippen LogP contribution in [-0.4, -0.2) is 72.6 Å². The number of amides is 2. The van der Waals surface area contributed by atoms with E-state index in [9.17, 15) is 9.59 Å². The Morgan fingerprint density at radius 2 is 1.78 bits per heavy atom. The van der Waals surface area contributed by atoms with Gasteiger partial charge < -0.3 is 10.1 Å². The zero-order valence-electron chi connectivity index (χ0n) is 20.7. The molecule has 2 heterocycles. The van der Waals surface area contributed by atoms with Crippen LogP contribution in [0.2, 0.25) is 5.02 Å². The number of rotatable bonds is 9. The molecule has 2 aliphatic rings. The number of ether oxygens (including phenoxy) is 1. The van der Waals surface area contributed by atoms with Crippen LogP contribution in [0.3, 0.4) is 0 Å². The van der Waals surface area contributed by atoms with E-state index >= 15 is 0 Å². The van der Waals surface area contributed by atoms with Crippen LogP contribution in [0.4, 0.5) is 4.79 Å². The smallest absolute Gasteiger partial charge is 0.338 e. The third-order valence-electron chi connectivity index (χ3n) is 6.51. The van der Waals surface area contributed by atoms with Crippen LogP contribution in [0.1, 0.15) is 24.1 Å². The van der Waals surface area contributed by atoms with Gasteiger partial charge in [-0.3, -0.25) is 14.7 Å². The lowest BCUT2D eigenvalue weighted by molar-refractivity contribution is -0.139. The lowest BCUT2D eigenvalue weighted by Crippen LogP contribution is -2.53. The molecular weight excluding hydrogens is 476 g/mol. The molecule has 1 atom stereocenters. The Labute approximate surface area is 218 Å². The second kappa shape index (κ2) is 12.2. The molecule has 0 aromatic heterocycles. The van der Waals surface area contributed by atoms with E-state index in [1.807, 2.05) is 18.2 Å². The number of nitrogens with one attached hydrogen (secondary N) is 1. The fourth-order valence-electron chi connectivity index (χ4n) is 4.74. The van der Waals surface area contributed by atoms with E-state index in [2.05, 4.69) is 46.0 Å². The van der Waals surface area contributed by atoms with E-state index < -0.39 is 12.0 Å². The molecule has 1 fully saturated rings. The van der Waals surface area contributed by atoms with Crippen LogP contribution < -0.4 is 5.32 Å². The van der Waals surface area contributed by atoms with Crippen molar-refractivity contribution in [2.75, 3.05) is 45.9 Å². The number of esters is 1. The molecule has 0 spiro atoms. The summed E-state index contributed by atoms with van der Waals surface area (Å²) in [5.74, 6) is -0.436. The summed E-state index contributed by atoms with van der Waals surface area (Å²) in [6.07, 6.45) is 1.67.